The monoisotopic (exact) mass is 427 g/mol. The fraction of sp³-hybridized carbons (Fsp3) is 0.105. The Morgan fingerprint density at radius 1 is 0.966 bits per heavy atom. The van der Waals surface area contributed by atoms with E-state index < -0.39 is 0 Å². The van der Waals surface area contributed by atoms with E-state index in [1.165, 1.54) is 17.6 Å². The third-order valence-electron chi connectivity index (χ3n) is 4.08. The van der Waals surface area contributed by atoms with Gasteiger partial charge < -0.3 is 19.2 Å². The summed E-state index contributed by atoms with van der Waals surface area (Å²) in [6.07, 6.45) is 1.43. The molecule has 4 aromatic rings. The van der Waals surface area contributed by atoms with E-state index in [2.05, 4.69) is 15.6 Å². The Labute approximate surface area is 172 Å². The highest BCUT2D eigenvalue weighted by Gasteiger charge is 2.18. The van der Waals surface area contributed by atoms with Crippen molar-refractivity contribution in [2.24, 2.45) is 0 Å². The first-order valence-electron chi connectivity index (χ1n) is 8.62. The average molecular weight is 427 g/mol. The molecular formula is C19H13N3O5S2. The van der Waals surface area contributed by atoms with Crippen molar-refractivity contribution in [2.45, 2.75) is 0 Å². The molecule has 0 aliphatic carbocycles. The lowest BCUT2D eigenvalue weighted by atomic mass is 10.3. The van der Waals surface area contributed by atoms with Gasteiger partial charge >= 0.3 is 0 Å². The summed E-state index contributed by atoms with van der Waals surface area (Å²) in [5.41, 5.74) is 0.729. The van der Waals surface area contributed by atoms with Crippen LogP contribution in [0.1, 0.15) is 20.2 Å². The van der Waals surface area contributed by atoms with Crippen LogP contribution >= 0.6 is 22.7 Å². The molecule has 10 heteroatoms. The Balaban J connectivity index is 1.30. The van der Waals surface area contributed by atoms with Crippen LogP contribution in [0.4, 0.5) is 10.1 Å². The van der Waals surface area contributed by atoms with Crippen molar-refractivity contribution in [3.63, 3.8) is 0 Å². The van der Waals surface area contributed by atoms with Gasteiger partial charge in [0.15, 0.2) is 22.4 Å². The molecule has 0 saturated heterocycles. The summed E-state index contributed by atoms with van der Waals surface area (Å²) in [5, 5.41) is 6.52. The summed E-state index contributed by atoms with van der Waals surface area (Å²) in [4.78, 5) is 29.5. The number of anilines is 2. The standard InChI is InChI=1S/C19H13N3O5S2/c23-17(11-2-1-5-25-11)21-16-4-3-14(28-16)18(24)22-19-20-10-8-12-13(9-15(10)29-19)27-7-6-26-12/h1-5,8-9H,6-7H2,(H,21,23)(H,20,22,24). The van der Waals surface area contributed by atoms with Gasteiger partial charge in [0.05, 0.1) is 26.4 Å². The van der Waals surface area contributed by atoms with E-state index in [4.69, 9.17) is 13.9 Å². The Bertz CT molecular complexity index is 1170. The van der Waals surface area contributed by atoms with Gasteiger partial charge in [-0.15, -0.1) is 11.3 Å². The number of hydrogen-bond acceptors (Lipinski definition) is 8. The normalized spacial score (nSPS) is 12.7. The van der Waals surface area contributed by atoms with Crippen molar-refractivity contribution < 1.29 is 23.5 Å². The highest BCUT2D eigenvalue weighted by atomic mass is 32.1. The van der Waals surface area contributed by atoms with Crippen molar-refractivity contribution in [3.8, 4) is 11.5 Å². The molecule has 5 rings (SSSR count). The van der Waals surface area contributed by atoms with Gasteiger partial charge in [-0.3, -0.25) is 14.9 Å². The fourth-order valence-corrected chi connectivity index (χ4v) is 4.45. The lowest BCUT2D eigenvalue weighted by Gasteiger charge is -2.17. The zero-order valence-electron chi connectivity index (χ0n) is 14.8. The van der Waals surface area contributed by atoms with Gasteiger partial charge in [0.25, 0.3) is 11.8 Å². The predicted molar refractivity (Wildman–Crippen MR) is 110 cm³/mol. The van der Waals surface area contributed by atoms with Crippen LogP contribution in [0.15, 0.2) is 47.1 Å². The van der Waals surface area contributed by atoms with Gasteiger partial charge in [-0.05, 0) is 24.3 Å². The molecule has 1 aliphatic heterocycles. The summed E-state index contributed by atoms with van der Waals surface area (Å²) in [6.45, 7) is 1.02. The van der Waals surface area contributed by atoms with Gasteiger partial charge in [-0.25, -0.2) is 4.98 Å². The van der Waals surface area contributed by atoms with E-state index in [9.17, 15) is 9.59 Å². The zero-order chi connectivity index (χ0) is 19.8. The molecule has 0 bridgehead atoms. The van der Waals surface area contributed by atoms with E-state index in [1.807, 2.05) is 12.1 Å². The average Bonchev–Trinajstić information content (AvgIpc) is 3.46. The highest BCUT2D eigenvalue weighted by molar-refractivity contribution is 7.22. The summed E-state index contributed by atoms with van der Waals surface area (Å²) >= 11 is 2.52. The summed E-state index contributed by atoms with van der Waals surface area (Å²) in [7, 11) is 0. The second kappa shape index (κ2) is 7.22. The fourth-order valence-electron chi connectivity index (χ4n) is 2.79. The smallest absolute Gasteiger partial charge is 0.291 e. The number of rotatable bonds is 4. The van der Waals surface area contributed by atoms with Gasteiger partial charge in [-0.1, -0.05) is 11.3 Å². The van der Waals surface area contributed by atoms with E-state index >= 15 is 0 Å². The number of benzene rings is 1. The summed E-state index contributed by atoms with van der Waals surface area (Å²) in [5.74, 6) is 0.866. The van der Waals surface area contributed by atoms with Crippen LogP contribution in [0.2, 0.25) is 0 Å². The largest absolute Gasteiger partial charge is 0.486 e. The van der Waals surface area contributed by atoms with Crippen molar-refractivity contribution >= 4 is 54.8 Å². The van der Waals surface area contributed by atoms with E-state index in [0.717, 1.165) is 21.6 Å². The van der Waals surface area contributed by atoms with Gasteiger partial charge in [0, 0.05) is 12.1 Å². The minimum atomic E-state index is -0.372. The summed E-state index contributed by atoms with van der Waals surface area (Å²) in [6, 6.07) is 10.2. The molecule has 0 saturated carbocycles. The number of nitrogens with one attached hydrogen (secondary N) is 2. The third-order valence-corrected chi connectivity index (χ3v) is 6.02. The Kier molecular flexibility index (Phi) is 4.41. The molecule has 1 aromatic carbocycles. The number of thiophene rings is 1. The van der Waals surface area contributed by atoms with Crippen molar-refractivity contribution in [1.82, 2.24) is 4.98 Å². The Morgan fingerprint density at radius 3 is 2.59 bits per heavy atom. The molecule has 4 heterocycles. The maximum absolute atomic E-state index is 12.6. The van der Waals surface area contributed by atoms with E-state index in [-0.39, 0.29) is 17.6 Å². The van der Waals surface area contributed by atoms with Gasteiger partial charge in [0.2, 0.25) is 0 Å². The lowest BCUT2D eigenvalue weighted by molar-refractivity contribution is 0.0995. The minimum Gasteiger partial charge on any atom is -0.486 e. The molecule has 2 amide bonds. The molecule has 1 aliphatic rings. The summed E-state index contributed by atoms with van der Waals surface area (Å²) < 4.78 is 17.1. The second-order valence-electron chi connectivity index (χ2n) is 6.03. The van der Waals surface area contributed by atoms with Crippen molar-refractivity contribution in [1.29, 1.82) is 0 Å². The Hall–Kier alpha value is -3.37. The maximum atomic E-state index is 12.6. The second-order valence-corrected chi connectivity index (χ2v) is 8.15. The zero-order valence-corrected chi connectivity index (χ0v) is 16.4. The molecule has 0 radical (unpaired) electrons. The first-order valence-corrected chi connectivity index (χ1v) is 10.3. The highest BCUT2D eigenvalue weighted by Crippen LogP contribution is 2.38. The number of thiazole rings is 1. The van der Waals surface area contributed by atoms with Crippen LogP contribution in [0, 0.1) is 0 Å². The van der Waals surface area contributed by atoms with Crippen LogP contribution in [0.5, 0.6) is 11.5 Å². The molecule has 3 aromatic heterocycles. The number of amides is 2. The molecule has 0 atom stereocenters. The number of aromatic nitrogens is 1. The van der Waals surface area contributed by atoms with Crippen molar-refractivity contribution in [2.75, 3.05) is 23.8 Å². The molecular weight excluding hydrogens is 414 g/mol. The number of carbonyl (C=O) groups is 2. The van der Waals surface area contributed by atoms with Gasteiger partial charge in [0.1, 0.15) is 13.2 Å². The first-order chi connectivity index (χ1) is 14.2. The van der Waals surface area contributed by atoms with Crippen LogP contribution in [0.3, 0.4) is 0 Å². The molecule has 8 nitrogen and oxygen atoms in total. The Morgan fingerprint density at radius 2 is 1.79 bits per heavy atom. The van der Waals surface area contributed by atoms with Crippen LogP contribution in [-0.2, 0) is 0 Å². The molecule has 2 N–H and O–H groups in total. The van der Waals surface area contributed by atoms with E-state index in [1.54, 1.807) is 24.3 Å². The number of nitrogens with zero attached hydrogens (tertiary/aromatic N) is 1. The van der Waals surface area contributed by atoms with Crippen LogP contribution in [0.25, 0.3) is 10.2 Å². The van der Waals surface area contributed by atoms with Crippen LogP contribution < -0.4 is 20.1 Å². The SMILES string of the molecule is O=C(Nc1ccc(C(=O)Nc2nc3cc4c(cc3s2)OCCO4)s1)c1ccco1. The van der Waals surface area contributed by atoms with Crippen molar-refractivity contribution in [3.05, 3.63) is 53.3 Å². The number of furan rings is 1. The third kappa shape index (κ3) is 3.55. The maximum Gasteiger partial charge on any atom is 0.291 e. The molecule has 0 unspecified atom stereocenters. The topological polar surface area (TPSA) is 103 Å². The number of hydrogen-bond donors (Lipinski definition) is 2. The number of ether oxygens (including phenoxy) is 2. The molecule has 0 spiro atoms. The molecule has 146 valence electrons. The molecule has 0 fully saturated rings. The predicted octanol–water partition coefficient (Wildman–Crippen LogP) is 4.23. The van der Waals surface area contributed by atoms with E-state index in [0.29, 0.717) is 39.7 Å². The quantitative estimate of drug-likeness (QED) is 0.505. The number of fused-ring (bicyclic) bond motifs is 2. The number of carbonyl (C=O) groups excluding carboxylic acids is 2. The lowest BCUT2D eigenvalue weighted by Crippen LogP contribution is -2.15. The van der Waals surface area contributed by atoms with Crippen LogP contribution in [-0.4, -0.2) is 30.0 Å². The van der Waals surface area contributed by atoms with Gasteiger partial charge in [-0.2, -0.15) is 0 Å². The first kappa shape index (κ1) is 17.7. The minimum absolute atomic E-state index is 0.203. The molecule has 29 heavy (non-hydrogen) atoms.